The Morgan fingerprint density at radius 2 is 1.83 bits per heavy atom. The molecule has 2 heterocycles. The van der Waals surface area contributed by atoms with E-state index < -0.39 is 5.97 Å². The number of hydrogen-bond donors (Lipinski definition) is 2. The molecule has 4 rings (SSSR count). The average Bonchev–Trinajstić information content (AvgIpc) is 2.91. The van der Waals surface area contributed by atoms with Gasteiger partial charge in [-0.25, -0.2) is 4.79 Å². The van der Waals surface area contributed by atoms with E-state index in [2.05, 4.69) is 4.98 Å². The number of hydrogen-bond acceptors (Lipinski definition) is 3. The summed E-state index contributed by atoms with van der Waals surface area (Å²) in [4.78, 5) is 27.0. The first-order chi connectivity index (χ1) is 11.6. The summed E-state index contributed by atoms with van der Waals surface area (Å²) in [5.74, 6) is -1.62. The quantitative estimate of drug-likeness (QED) is 0.586. The molecule has 4 aromatic rings. The fourth-order valence-electron chi connectivity index (χ4n) is 3.14. The van der Waals surface area contributed by atoms with Gasteiger partial charge in [-0.05, 0) is 24.6 Å². The third kappa shape index (κ3) is 2.02. The van der Waals surface area contributed by atoms with Crippen molar-refractivity contribution in [3.05, 3.63) is 70.2 Å². The average molecular weight is 319 g/mol. The first-order valence-corrected chi connectivity index (χ1v) is 7.44. The number of aromatic carboxylic acids is 1. The number of H-pyrrole nitrogens is 1. The number of aryl methyl sites for hydroxylation is 1. The fourth-order valence-corrected chi connectivity index (χ4v) is 3.14. The summed E-state index contributed by atoms with van der Waals surface area (Å²) >= 11 is 0. The molecule has 2 aromatic carbocycles. The van der Waals surface area contributed by atoms with Crippen LogP contribution in [0.2, 0.25) is 0 Å². The summed E-state index contributed by atoms with van der Waals surface area (Å²) in [5, 5.41) is 10.2. The second-order valence-electron chi connectivity index (χ2n) is 5.63. The van der Waals surface area contributed by atoms with Gasteiger partial charge in [-0.1, -0.05) is 30.3 Å². The molecular formula is C19H13NO4. The van der Waals surface area contributed by atoms with Crippen molar-refractivity contribution in [3.8, 4) is 11.1 Å². The van der Waals surface area contributed by atoms with Gasteiger partial charge in [-0.15, -0.1) is 0 Å². The van der Waals surface area contributed by atoms with E-state index in [1.165, 1.54) is 0 Å². The van der Waals surface area contributed by atoms with Gasteiger partial charge in [0, 0.05) is 28.2 Å². The molecule has 2 aromatic heterocycles. The minimum absolute atomic E-state index is 0.267. The molecule has 0 bridgehead atoms. The minimum Gasteiger partial charge on any atom is -0.475 e. The number of carboxylic acids is 1. The van der Waals surface area contributed by atoms with Crippen LogP contribution in [0, 0.1) is 6.92 Å². The van der Waals surface area contributed by atoms with E-state index in [1.807, 2.05) is 37.3 Å². The molecular weight excluding hydrogens is 306 g/mol. The van der Waals surface area contributed by atoms with E-state index >= 15 is 0 Å². The summed E-state index contributed by atoms with van der Waals surface area (Å²) in [7, 11) is 0. The lowest BCUT2D eigenvalue weighted by Gasteiger charge is -2.05. The van der Waals surface area contributed by atoms with Crippen LogP contribution in [0.3, 0.4) is 0 Å². The number of carbonyl (C=O) groups is 1. The fraction of sp³-hybridized carbons (Fsp3) is 0.0526. The van der Waals surface area contributed by atoms with Crippen molar-refractivity contribution in [3.63, 3.8) is 0 Å². The van der Waals surface area contributed by atoms with E-state index in [0.717, 1.165) is 33.8 Å². The van der Waals surface area contributed by atoms with Gasteiger partial charge < -0.3 is 14.5 Å². The van der Waals surface area contributed by atoms with Gasteiger partial charge >= 0.3 is 5.97 Å². The highest BCUT2D eigenvalue weighted by molar-refractivity contribution is 6.13. The van der Waals surface area contributed by atoms with Gasteiger partial charge in [0.05, 0.1) is 5.39 Å². The highest BCUT2D eigenvalue weighted by Gasteiger charge is 2.18. The topological polar surface area (TPSA) is 83.3 Å². The molecule has 2 N–H and O–H groups in total. The van der Waals surface area contributed by atoms with Crippen molar-refractivity contribution >= 4 is 27.8 Å². The van der Waals surface area contributed by atoms with Crippen molar-refractivity contribution in [1.82, 2.24) is 4.98 Å². The molecule has 0 saturated heterocycles. The summed E-state index contributed by atoms with van der Waals surface area (Å²) < 4.78 is 5.40. The lowest BCUT2D eigenvalue weighted by atomic mass is 9.99. The molecule has 0 radical (unpaired) electrons. The van der Waals surface area contributed by atoms with Crippen molar-refractivity contribution < 1.29 is 14.3 Å². The summed E-state index contributed by atoms with van der Waals surface area (Å²) in [6.07, 6.45) is 0. The van der Waals surface area contributed by atoms with E-state index in [-0.39, 0.29) is 16.8 Å². The maximum absolute atomic E-state index is 12.6. The molecule has 0 atom stereocenters. The van der Waals surface area contributed by atoms with Crippen LogP contribution in [-0.4, -0.2) is 16.1 Å². The standard InChI is InChI=1S/C19H13NO4/c1-10-16(11-5-3-2-4-6-11)17-12(20-10)7-8-14-18(17)13(21)9-15(24-14)19(22)23/h2-9,20H,1H3,(H,22,23). The van der Waals surface area contributed by atoms with Crippen molar-refractivity contribution in [1.29, 1.82) is 0 Å². The predicted molar refractivity (Wildman–Crippen MR) is 91.5 cm³/mol. The van der Waals surface area contributed by atoms with Crippen LogP contribution in [0.1, 0.15) is 16.2 Å². The molecule has 0 spiro atoms. The minimum atomic E-state index is -1.26. The SMILES string of the molecule is Cc1[nH]c2ccc3oc(C(=O)O)cc(=O)c3c2c1-c1ccccc1. The summed E-state index contributed by atoms with van der Waals surface area (Å²) in [5.41, 5.74) is 3.56. The molecule has 5 heteroatoms. The third-order valence-electron chi connectivity index (χ3n) is 4.12. The summed E-state index contributed by atoms with van der Waals surface area (Å²) in [6.45, 7) is 1.95. The number of aromatic nitrogens is 1. The zero-order valence-corrected chi connectivity index (χ0v) is 12.8. The Morgan fingerprint density at radius 3 is 2.54 bits per heavy atom. The van der Waals surface area contributed by atoms with Crippen molar-refractivity contribution in [2.75, 3.05) is 0 Å². The Balaban J connectivity index is 2.19. The van der Waals surface area contributed by atoms with Crippen LogP contribution in [0.25, 0.3) is 33.0 Å². The van der Waals surface area contributed by atoms with Gasteiger partial charge in [-0.3, -0.25) is 4.79 Å². The molecule has 0 aliphatic rings. The Hall–Kier alpha value is -3.34. The maximum Gasteiger partial charge on any atom is 0.371 e. The smallest absolute Gasteiger partial charge is 0.371 e. The lowest BCUT2D eigenvalue weighted by Crippen LogP contribution is -2.06. The van der Waals surface area contributed by atoms with Gasteiger partial charge in [-0.2, -0.15) is 0 Å². The Kier molecular flexibility index (Phi) is 3.03. The van der Waals surface area contributed by atoms with Crippen LogP contribution in [-0.2, 0) is 0 Å². The number of fused-ring (bicyclic) bond motifs is 3. The zero-order valence-electron chi connectivity index (χ0n) is 12.8. The highest BCUT2D eigenvalue weighted by Crippen LogP contribution is 2.35. The first-order valence-electron chi connectivity index (χ1n) is 7.44. The van der Waals surface area contributed by atoms with Crippen molar-refractivity contribution in [2.45, 2.75) is 6.92 Å². The number of carboxylic acid groups (broad SMARTS) is 1. The Labute approximate surface area is 136 Å². The van der Waals surface area contributed by atoms with E-state index in [9.17, 15) is 9.59 Å². The van der Waals surface area contributed by atoms with Crippen LogP contribution in [0.5, 0.6) is 0 Å². The molecule has 0 fully saturated rings. The molecule has 0 amide bonds. The number of benzene rings is 2. The van der Waals surface area contributed by atoms with Gasteiger partial charge in [0.2, 0.25) is 5.76 Å². The molecule has 24 heavy (non-hydrogen) atoms. The van der Waals surface area contributed by atoms with E-state index in [0.29, 0.717) is 5.39 Å². The van der Waals surface area contributed by atoms with E-state index in [4.69, 9.17) is 9.52 Å². The second kappa shape index (κ2) is 5.09. The Bertz CT molecular complexity index is 1150. The van der Waals surface area contributed by atoms with Crippen LogP contribution >= 0.6 is 0 Å². The molecule has 0 unspecified atom stereocenters. The number of rotatable bonds is 2. The molecule has 118 valence electrons. The van der Waals surface area contributed by atoms with E-state index in [1.54, 1.807) is 12.1 Å². The third-order valence-corrected chi connectivity index (χ3v) is 4.12. The summed E-state index contributed by atoms with van der Waals surface area (Å²) in [6, 6.07) is 14.2. The predicted octanol–water partition coefficient (Wildman–Crippen LogP) is 3.95. The zero-order chi connectivity index (χ0) is 16.8. The molecule has 5 nitrogen and oxygen atoms in total. The monoisotopic (exact) mass is 319 g/mol. The largest absolute Gasteiger partial charge is 0.475 e. The first kappa shape index (κ1) is 14.3. The normalized spacial score (nSPS) is 11.2. The van der Waals surface area contributed by atoms with Gasteiger partial charge in [0.25, 0.3) is 0 Å². The van der Waals surface area contributed by atoms with Crippen LogP contribution < -0.4 is 5.43 Å². The highest BCUT2D eigenvalue weighted by atomic mass is 16.4. The molecule has 0 saturated carbocycles. The van der Waals surface area contributed by atoms with Crippen LogP contribution in [0.15, 0.2) is 57.7 Å². The van der Waals surface area contributed by atoms with Gasteiger partial charge in [0.15, 0.2) is 5.43 Å². The Morgan fingerprint density at radius 1 is 1.08 bits per heavy atom. The molecule has 0 aliphatic carbocycles. The van der Waals surface area contributed by atoms with Gasteiger partial charge in [0.1, 0.15) is 5.58 Å². The molecule has 0 aliphatic heterocycles. The van der Waals surface area contributed by atoms with Crippen molar-refractivity contribution in [2.24, 2.45) is 0 Å². The number of aromatic amines is 1. The second-order valence-corrected chi connectivity index (χ2v) is 5.63. The lowest BCUT2D eigenvalue weighted by molar-refractivity contribution is 0.0663. The number of nitrogens with one attached hydrogen (secondary N) is 1. The maximum atomic E-state index is 12.6. The van der Waals surface area contributed by atoms with Crippen LogP contribution in [0.4, 0.5) is 0 Å².